The van der Waals surface area contributed by atoms with Crippen molar-refractivity contribution in [2.75, 3.05) is 30.4 Å². The first kappa shape index (κ1) is 26.5. The van der Waals surface area contributed by atoms with Crippen LogP contribution in [0.1, 0.15) is 44.3 Å². The third kappa shape index (κ3) is 5.50. The Hall–Kier alpha value is -4.72. The van der Waals surface area contributed by atoms with Gasteiger partial charge in [0.25, 0.3) is 17.4 Å². The Morgan fingerprint density at radius 1 is 0.902 bits per heavy atom. The quantitative estimate of drug-likeness (QED) is 0.361. The lowest BCUT2D eigenvalue weighted by atomic mass is 9.83. The van der Waals surface area contributed by atoms with Crippen molar-refractivity contribution in [3.8, 4) is 0 Å². The molecule has 1 aromatic heterocycles. The summed E-state index contributed by atoms with van der Waals surface area (Å²) in [5.74, 6) is -0.518. The van der Waals surface area contributed by atoms with Gasteiger partial charge in [-0.15, -0.1) is 0 Å². The lowest BCUT2D eigenvalue weighted by Gasteiger charge is -2.44. The molecule has 8 heteroatoms. The summed E-state index contributed by atoms with van der Waals surface area (Å²) >= 11 is 0. The highest BCUT2D eigenvalue weighted by Gasteiger charge is 2.35. The summed E-state index contributed by atoms with van der Waals surface area (Å²) in [6.45, 7) is 2.51. The molecule has 208 valence electrons. The second-order valence-corrected chi connectivity index (χ2v) is 10.9. The number of nitrogens with one attached hydrogen (secondary N) is 1. The van der Waals surface area contributed by atoms with Crippen molar-refractivity contribution in [2.24, 2.45) is 5.92 Å². The highest BCUT2D eigenvalue weighted by Crippen LogP contribution is 2.39. The van der Waals surface area contributed by atoms with Gasteiger partial charge in [-0.1, -0.05) is 36.4 Å². The molecule has 2 aliphatic rings. The highest BCUT2D eigenvalue weighted by molar-refractivity contribution is 6.07. The summed E-state index contributed by atoms with van der Waals surface area (Å²) in [6, 6.07) is 26.0. The van der Waals surface area contributed by atoms with E-state index in [1.807, 2.05) is 53.1 Å². The van der Waals surface area contributed by atoms with Crippen LogP contribution in [0.5, 0.6) is 0 Å². The average Bonchev–Trinajstić information content (AvgIpc) is 2.98. The molecule has 1 N–H and O–H groups in total. The molecule has 1 saturated heterocycles. The fraction of sp³-hybridized carbons (Fsp3) is 0.242. The molecule has 6 rings (SSSR count). The van der Waals surface area contributed by atoms with Crippen LogP contribution in [0.3, 0.4) is 0 Å². The second-order valence-electron chi connectivity index (χ2n) is 10.9. The van der Waals surface area contributed by atoms with Gasteiger partial charge >= 0.3 is 0 Å². The molecule has 7 nitrogen and oxygen atoms in total. The highest BCUT2D eigenvalue weighted by atomic mass is 19.1. The van der Waals surface area contributed by atoms with E-state index in [0.717, 1.165) is 29.9 Å². The maximum absolute atomic E-state index is 13.5. The molecule has 0 aliphatic carbocycles. The second kappa shape index (κ2) is 11.0. The number of carbonyl (C=O) groups excluding carboxylic acids is 2. The van der Waals surface area contributed by atoms with Gasteiger partial charge in [0, 0.05) is 62.0 Å². The predicted molar refractivity (Wildman–Crippen MR) is 157 cm³/mol. The molecule has 2 bridgehead atoms. The summed E-state index contributed by atoms with van der Waals surface area (Å²) < 4.78 is 15.4. The smallest absolute Gasteiger partial charge is 0.255 e. The van der Waals surface area contributed by atoms with Crippen LogP contribution in [-0.2, 0) is 13.1 Å². The number of nitrogens with zero attached hydrogens (tertiary/aromatic N) is 3. The van der Waals surface area contributed by atoms with E-state index in [9.17, 15) is 18.8 Å². The number of pyridine rings is 1. The molecule has 3 aromatic carbocycles. The number of fused-ring (bicyclic) bond motifs is 4. The Balaban J connectivity index is 1.32. The molecular formula is C33H31FN4O3. The van der Waals surface area contributed by atoms with Crippen molar-refractivity contribution in [1.82, 2.24) is 9.47 Å². The van der Waals surface area contributed by atoms with E-state index in [1.54, 1.807) is 30.1 Å². The maximum Gasteiger partial charge on any atom is 0.255 e. The fourth-order valence-electron chi connectivity index (χ4n) is 6.08. The molecule has 1 fully saturated rings. The Morgan fingerprint density at radius 2 is 1.66 bits per heavy atom. The Morgan fingerprint density at radius 3 is 2.44 bits per heavy atom. The molecule has 4 aromatic rings. The topological polar surface area (TPSA) is 74.7 Å². The Kier molecular flexibility index (Phi) is 7.14. The van der Waals surface area contributed by atoms with Crippen LogP contribution in [0.15, 0.2) is 95.8 Å². The molecule has 0 saturated carbocycles. The zero-order chi connectivity index (χ0) is 28.5. The van der Waals surface area contributed by atoms with Gasteiger partial charge in [0.2, 0.25) is 0 Å². The van der Waals surface area contributed by atoms with Gasteiger partial charge in [0.05, 0.1) is 11.4 Å². The van der Waals surface area contributed by atoms with Gasteiger partial charge in [-0.25, -0.2) is 4.39 Å². The van der Waals surface area contributed by atoms with E-state index in [4.69, 9.17) is 0 Å². The first-order chi connectivity index (χ1) is 19.9. The number of carbonyl (C=O) groups is 2. The molecule has 2 atom stereocenters. The first-order valence-electron chi connectivity index (χ1n) is 13.8. The number of rotatable bonds is 6. The number of hydrogen-bond acceptors (Lipinski definition) is 4. The minimum Gasteiger partial charge on any atom is -0.369 e. The van der Waals surface area contributed by atoms with Gasteiger partial charge in [0.1, 0.15) is 5.82 Å². The summed E-state index contributed by atoms with van der Waals surface area (Å²) in [6.07, 6.45) is 0.998. The zero-order valence-corrected chi connectivity index (χ0v) is 22.8. The number of piperidine rings is 1. The summed E-state index contributed by atoms with van der Waals surface area (Å²) in [4.78, 5) is 43.0. The molecule has 0 unspecified atom stereocenters. The van der Waals surface area contributed by atoms with Gasteiger partial charge < -0.3 is 19.7 Å². The van der Waals surface area contributed by atoms with Crippen LogP contribution in [0.4, 0.5) is 15.8 Å². The van der Waals surface area contributed by atoms with Gasteiger partial charge in [-0.2, -0.15) is 0 Å². The van der Waals surface area contributed by atoms with Crippen LogP contribution >= 0.6 is 0 Å². The van der Waals surface area contributed by atoms with Crippen molar-refractivity contribution in [1.29, 1.82) is 0 Å². The molecule has 3 heterocycles. The number of halogens is 1. The van der Waals surface area contributed by atoms with E-state index >= 15 is 0 Å². The zero-order valence-electron chi connectivity index (χ0n) is 22.8. The third-order valence-corrected chi connectivity index (χ3v) is 8.03. The van der Waals surface area contributed by atoms with E-state index in [-0.39, 0.29) is 29.2 Å². The first-order valence-corrected chi connectivity index (χ1v) is 13.8. The predicted octanol–water partition coefficient (Wildman–Crippen LogP) is 5.14. The monoisotopic (exact) mass is 550 g/mol. The summed E-state index contributed by atoms with van der Waals surface area (Å²) in [5.41, 5.74) is 4.18. The average molecular weight is 551 g/mol. The van der Waals surface area contributed by atoms with Crippen molar-refractivity contribution in [3.05, 3.63) is 130 Å². The maximum atomic E-state index is 13.5. The number of amides is 2. The van der Waals surface area contributed by atoms with Gasteiger partial charge in [-0.3, -0.25) is 14.4 Å². The minimum atomic E-state index is -0.421. The number of benzene rings is 3. The van der Waals surface area contributed by atoms with Gasteiger partial charge in [-0.05, 0) is 66.4 Å². The standard InChI is InChI=1S/C33H31FN4O3/c1-36(18-22-6-3-2-4-7-22)33(41)25-12-15-30(28(17-25)35-32(40)24-10-13-27(34)14-11-24)37-19-23-16-26(21-37)29-8-5-9-31(39)38(29)20-23/h2-15,17,23,26H,16,18-21H2,1H3,(H,35,40)/t23-,26+/m1/s1. The number of anilines is 2. The largest absolute Gasteiger partial charge is 0.369 e. The Bertz CT molecular complexity index is 1650. The van der Waals surface area contributed by atoms with Crippen LogP contribution in [0.2, 0.25) is 0 Å². The van der Waals surface area contributed by atoms with Crippen LogP contribution in [0.25, 0.3) is 0 Å². The fourth-order valence-corrected chi connectivity index (χ4v) is 6.08. The third-order valence-electron chi connectivity index (χ3n) is 8.03. The molecular weight excluding hydrogens is 519 g/mol. The minimum absolute atomic E-state index is 0.0281. The Labute approximate surface area is 237 Å². The lowest BCUT2D eigenvalue weighted by molar-refractivity contribution is 0.0784. The van der Waals surface area contributed by atoms with E-state index in [0.29, 0.717) is 36.4 Å². The van der Waals surface area contributed by atoms with Crippen LogP contribution in [0, 0.1) is 11.7 Å². The van der Waals surface area contributed by atoms with Gasteiger partial charge in [0.15, 0.2) is 0 Å². The number of aromatic nitrogens is 1. The van der Waals surface area contributed by atoms with Crippen LogP contribution in [-0.4, -0.2) is 41.4 Å². The molecule has 2 aliphatic heterocycles. The van der Waals surface area contributed by atoms with E-state index < -0.39 is 5.82 Å². The summed E-state index contributed by atoms with van der Waals surface area (Å²) in [7, 11) is 1.76. The van der Waals surface area contributed by atoms with Crippen molar-refractivity contribution in [2.45, 2.75) is 25.4 Å². The SMILES string of the molecule is CN(Cc1ccccc1)C(=O)c1ccc(N2C[C@H]3C[C@@H](C2)c2cccc(=O)n2C3)c(NC(=O)c2ccc(F)cc2)c1. The van der Waals surface area contributed by atoms with Crippen molar-refractivity contribution in [3.63, 3.8) is 0 Å². The van der Waals surface area contributed by atoms with Crippen LogP contribution < -0.4 is 15.8 Å². The summed E-state index contributed by atoms with van der Waals surface area (Å²) in [5, 5.41) is 2.99. The van der Waals surface area contributed by atoms with Crippen molar-refractivity contribution >= 4 is 23.2 Å². The van der Waals surface area contributed by atoms with E-state index in [1.165, 1.54) is 24.3 Å². The lowest BCUT2D eigenvalue weighted by Crippen LogP contribution is -2.47. The van der Waals surface area contributed by atoms with E-state index in [2.05, 4.69) is 10.2 Å². The normalized spacial score (nSPS) is 17.5. The molecule has 0 spiro atoms. The molecule has 0 radical (unpaired) electrons. The number of hydrogen-bond donors (Lipinski definition) is 1. The molecule has 2 amide bonds. The molecule has 41 heavy (non-hydrogen) atoms. The van der Waals surface area contributed by atoms with Crippen molar-refractivity contribution < 1.29 is 14.0 Å².